The largest absolute Gasteiger partial charge is 0.496 e. The average molecular weight is 315 g/mol. The fraction of sp³-hybridized carbons (Fsp3) is 0.625. The SMILES string of the molecule is CC1(C)OB(c2cnc(O[C@H]3CCNC3)c(C#N)c2)OC1(C)C. The summed E-state index contributed by atoms with van der Waals surface area (Å²) in [4.78, 5) is 4.32. The molecule has 2 fully saturated rings. The molecule has 1 aromatic rings. The van der Waals surface area contributed by atoms with Crippen molar-refractivity contribution in [2.24, 2.45) is 0 Å². The summed E-state index contributed by atoms with van der Waals surface area (Å²) >= 11 is 0. The number of hydrogen-bond acceptors (Lipinski definition) is 6. The molecule has 6 nitrogen and oxygen atoms in total. The number of hydrogen-bond donors (Lipinski definition) is 1. The van der Waals surface area contributed by atoms with Gasteiger partial charge in [-0.1, -0.05) is 0 Å². The number of nitrogens with zero attached hydrogens (tertiary/aromatic N) is 2. The molecule has 3 heterocycles. The second-order valence-electron chi connectivity index (χ2n) is 7.05. The molecule has 0 amide bonds. The monoisotopic (exact) mass is 315 g/mol. The first-order valence-electron chi connectivity index (χ1n) is 7.95. The van der Waals surface area contributed by atoms with E-state index in [4.69, 9.17) is 14.0 Å². The lowest BCUT2D eigenvalue weighted by atomic mass is 9.80. The number of nitriles is 1. The summed E-state index contributed by atoms with van der Waals surface area (Å²) < 4.78 is 17.8. The third-order valence-corrected chi connectivity index (χ3v) is 4.81. The Morgan fingerprint density at radius 3 is 2.61 bits per heavy atom. The molecule has 1 atom stereocenters. The third-order valence-electron chi connectivity index (χ3n) is 4.81. The van der Waals surface area contributed by atoms with Crippen molar-refractivity contribution in [3.8, 4) is 11.9 Å². The van der Waals surface area contributed by atoms with Crippen molar-refractivity contribution in [2.75, 3.05) is 13.1 Å². The van der Waals surface area contributed by atoms with Crippen LogP contribution in [-0.2, 0) is 9.31 Å². The molecular formula is C16H22BN3O3. The highest BCUT2D eigenvalue weighted by atomic mass is 16.7. The number of pyridine rings is 1. The molecule has 23 heavy (non-hydrogen) atoms. The molecule has 0 saturated carbocycles. The molecule has 122 valence electrons. The summed E-state index contributed by atoms with van der Waals surface area (Å²) in [6.45, 7) is 9.70. The summed E-state index contributed by atoms with van der Waals surface area (Å²) in [5.74, 6) is 0.376. The second-order valence-corrected chi connectivity index (χ2v) is 7.05. The fourth-order valence-corrected chi connectivity index (χ4v) is 2.64. The van der Waals surface area contributed by atoms with Crippen molar-refractivity contribution in [1.29, 1.82) is 5.26 Å². The predicted octanol–water partition coefficient (Wildman–Crippen LogP) is 0.993. The van der Waals surface area contributed by atoms with Crippen molar-refractivity contribution in [1.82, 2.24) is 10.3 Å². The normalized spacial score (nSPS) is 25.3. The van der Waals surface area contributed by atoms with E-state index in [1.54, 1.807) is 12.3 Å². The van der Waals surface area contributed by atoms with Gasteiger partial charge in [-0.3, -0.25) is 0 Å². The average Bonchev–Trinajstić information content (AvgIpc) is 3.06. The molecule has 2 aliphatic rings. The van der Waals surface area contributed by atoms with E-state index in [1.165, 1.54) is 0 Å². The van der Waals surface area contributed by atoms with Gasteiger partial charge in [0.15, 0.2) is 0 Å². The molecule has 7 heteroatoms. The Balaban J connectivity index is 1.81. The molecule has 0 spiro atoms. The molecular weight excluding hydrogens is 293 g/mol. The van der Waals surface area contributed by atoms with E-state index >= 15 is 0 Å². The Morgan fingerprint density at radius 2 is 2.04 bits per heavy atom. The van der Waals surface area contributed by atoms with E-state index in [9.17, 15) is 5.26 Å². The molecule has 3 rings (SSSR count). The lowest BCUT2D eigenvalue weighted by molar-refractivity contribution is 0.00578. The van der Waals surface area contributed by atoms with Gasteiger partial charge in [0.25, 0.3) is 0 Å². The minimum atomic E-state index is -0.526. The van der Waals surface area contributed by atoms with Crippen LogP contribution in [-0.4, -0.2) is 42.5 Å². The molecule has 0 aliphatic carbocycles. The number of ether oxygens (including phenoxy) is 1. The van der Waals surface area contributed by atoms with E-state index in [0.29, 0.717) is 11.4 Å². The van der Waals surface area contributed by atoms with Crippen LogP contribution in [0.25, 0.3) is 0 Å². The topological polar surface area (TPSA) is 76.4 Å². The van der Waals surface area contributed by atoms with E-state index in [2.05, 4.69) is 16.4 Å². The van der Waals surface area contributed by atoms with Crippen LogP contribution in [0.3, 0.4) is 0 Å². The Morgan fingerprint density at radius 1 is 1.35 bits per heavy atom. The van der Waals surface area contributed by atoms with Crippen LogP contribution in [0, 0.1) is 11.3 Å². The van der Waals surface area contributed by atoms with Gasteiger partial charge in [0, 0.05) is 18.2 Å². The summed E-state index contributed by atoms with van der Waals surface area (Å²) in [6.07, 6.45) is 2.66. The summed E-state index contributed by atoms with van der Waals surface area (Å²) in [5, 5.41) is 12.6. The molecule has 2 saturated heterocycles. The number of nitrogens with one attached hydrogen (secondary N) is 1. The van der Waals surface area contributed by atoms with E-state index in [0.717, 1.165) is 25.0 Å². The lowest BCUT2D eigenvalue weighted by Crippen LogP contribution is -2.41. The molecule has 0 bridgehead atoms. The van der Waals surface area contributed by atoms with Gasteiger partial charge in [-0.15, -0.1) is 0 Å². The lowest BCUT2D eigenvalue weighted by Gasteiger charge is -2.32. The van der Waals surface area contributed by atoms with Crippen molar-refractivity contribution in [2.45, 2.75) is 51.4 Å². The van der Waals surface area contributed by atoms with Gasteiger partial charge in [0.1, 0.15) is 17.7 Å². The highest BCUT2D eigenvalue weighted by molar-refractivity contribution is 6.62. The van der Waals surface area contributed by atoms with Crippen molar-refractivity contribution >= 4 is 12.6 Å². The standard InChI is InChI=1S/C16H22BN3O3/c1-15(2)16(3,4)23-17(22-15)12-7-11(8-18)14(20-9-12)21-13-5-6-19-10-13/h7,9,13,19H,5-6,10H2,1-4H3/t13-/m0/s1. The Hall–Kier alpha value is -1.62. The number of rotatable bonds is 3. The Kier molecular flexibility index (Phi) is 4.09. The van der Waals surface area contributed by atoms with Gasteiger partial charge in [-0.05, 0) is 46.7 Å². The van der Waals surface area contributed by atoms with Gasteiger partial charge in [-0.25, -0.2) is 4.98 Å². The van der Waals surface area contributed by atoms with Crippen LogP contribution >= 0.6 is 0 Å². The molecule has 0 aromatic carbocycles. The van der Waals surface area contributed by atoms with Gasteiger partial charge < -0.3 is 19.4 Å². The van der Waals surface area contributed by atoms with Gasteiger partial charge >= 0.3 is 7.12 Å². The van der Waals surface area contributed by atoms with Crippen molar-refractivity contribution in [3.63, 3.8) is 0 Å². The molecule has 1 aromatic heterocycles. The highest BCUT2D eigenvalue weighted by Crippen LogP contribution is 2.36. The van der Waals surface area contributed by atoms with Crippen LogP contribution in [0.5, 0.6) is 5.88 Å². The zero-order valence-corrected chi connectivity index (χ0v) is 14.0. The van der Waals surface area contributed by atoms with Gasteiger partial charge in [0.2, 0.25) is 5.88 Å². The molecule has 2 aliphatic heterocycles. The smallest absolute Gasteiger partial charge is 0.472 e. The highest BCUT2D eigenvalue weighted by Gasteiger charge is 2.51. The maximum absolute atomic E-state index is 9.40. The molecule has 0 unspecified atom stereocenters. The third kappa shape index (κ3) is 3.07. The van der Waals surface area contributed by atoms with Crippen LogP contribution in [0.4, 0.5) is 0 Å². The Bertz CT molecular complexity index is 620. The first-order chi connectivity index (χ1) is 10.8. The molecule has 1 N–H and O–H groups in total. The maximum atomic E-state index is 9.40. The first-order valence-corrected chi connectivity index (χ1v) is 7.95. The minimum Gasteiger partial charge on any atom is -0.472 e. The molecule has 0 radical (unpaired) electrons. The van der Waals surface area contributed by atoms with Crippen molar-refractivity contribution in [3.05, 3.63) is 17.8 Å². The minimum absolute atomic E-state index is 0.0669. The predicted molar refractivity (Wildman–Crippen MR) is 86.6 cm³/mol. The summed E-state index contributed by atoms with van der Waals surface area (Å²) in [7, 11) is -0.526. The fourth-order valence-electron chi connectivity index (χ4n) is 2.64. The Labute approximate surface area is 137 Å². The van der Waals surface area contributed by atoms with Crippen LogP contribution < -0.4 is 15.5 Å². The summed E-state index contributed by atoms with van der Waals surface area (Å²) in [5.41, 5.74) is 0.297. The van der Waals surface area contributed by atoms with Gasteiger partial charge in [0.05, 0.1) is 11.2 Å². The van der Waals surface area contributed by atoms with Gasteiger partial charge in [-0.2, -0.15) is 5.26 Å². The van der Waals surface area contributed by atoms with Crippen LogP contribution in [0.2, 0.25) is 0 Å². The van der Waals surface area contributed by atoms with Crippen molar-refractivity contribution < 1.29 is 14.0 Å². The summed E-state index contributed by atoms with van der Waals surface area (Å²) in [6, 6.07) is 3.90. The van der Waals surface area contributed by atoms with Crippen LogP contribution in [0.15, 0.2) is 12.3 Å². The van der Waals surface area contributed by atoms with E-state index in [1.807, 2.05) is 27.7 Å². The quantitative estimate of drug-likeness (QED) is 0.839. The van der Waals surface area contributed by atoms with Crippen LogP contribution in [0.1, 0.15) is 39.7 Å². The maximum Gasteiger partial charge on any atom is 0.496 e. The zero-order valence-electron chi connectivity index (χ0n) is 14.0. The van der Waals surface area contributed by atoms with E-state index < -0.39 is 18.3 Å². The zero-order chi connectivity index (χ0) is 16.7. The number of aromatic nitrogens is 1. The second kappa shape index (κ2) is 5.79. The first kappa shape index (κ1) is 16.3. The van der Waals surface area contributed by atoms with E-state index in [-0.39, 0.29) is 6.10 Å².